The van der Waals surface area contributed by atoms with Gasteiger partial charge in [-0.2, -0.15) is 0 Å². The second-order valence-corrected chi connectivity index (χ2v) is 7.12. The van der Waals surface area contributed by atoms with E-state index in [1.807, 2.05) is 0 Å². The highest BCUT2D eigenvalue weighted by atomic mass is 19.1. The summed E-state index contributed by atoms with van der Waals surface area (Å²) in [5.74, 6) is -1.43. The zero-order valence-corrected chi connectivity index (χ0v) is 16.2. The molecule has 7 nitrogen and oxygen atoms in total. The van der Waals surface area contributed by atoms with Crippen molar-refractivity contribution in [3.63, 3.8) is 0 Å². The van der Waals surface area contributed by atoms with Crippen LogP contribution in [0.2, 0.25) is 0 Å². The van der Waals surface area contributed by atoms with Crippen molar-refractivity contribution in [2.45, 2.75) is 32.2 Å². The van der Waals surface area contributed by atoms with Crippen molar-refractivity contribution in [1.82, 2.24) is 4.90 Å². The zero-order valence-electron chi connectivity index (χ0n) is 16.2. The van der Waals surface area contributed by atoms with Gasteiger partial charge in [0.25, 0.3) is 5.91 Å². The SMILES string of the molecule is COC(=O)C1=C(Nc2ccc(N3CCCCC3C)c(F)c2)C(=O)N(CCO)C1. The number of aliphatic hydroxyl groups is 1. The van der Waals surface area contributed by atoms with Gasteiger partial charge in [-0.3, -0.25) is 4.79 Å². The fourth-order valence-corrected chi connectivity index (χ4v) is 3.77. The Morgan fingerprint density at radius 1 is 1.39 bits per heavy atom. The first-order valence-corrected chi connectivity index (χ1v) is 9.51. The number of hydrogen-bond acceptors (Lipinski definition) is 6. The summed E-state index contributed by atoms with van der Waals surface area (Å²) in [4.78, 5) is 28.0. The lowest BCUT2D eigenvalue weighted by molar-refractivity contribution is -0.136. The third-order valence-electron chi connectivity index (χ3n) is 5.28. The number of hydrogen-bond donors (Lipinski definition) is 2. The van der Waals surface area contributed by atoms with E-state index >= 15 is 0 Å². The van der Waals surface area contributed by atoms with Crippen LogP contribution in [-0.4, -0.2) is 61.3 Å². The minimum Gasteiger partial charge on any atom is -0.466 e. The van der Waals surface area contributed by atoms with Crippen LogP contribution in [0.4, 0.5) is 15.8 Å². The van der Waals surface area contributed by atoms with Gasteiger partial charge in [0.1, 0.15) is 11.5 Å². The lowest BCUT2D eigenvalue weighted by Gasteiger charge is -2.35. The van der Waals surface area contributed by atoms with E-state index in [2.05, 4.69) is 17.1 Å². The maximum absolute atomic E-state index is 14.8. The molecule has 2 heterocycles. The van der Waals surface area contributed by atoms with Gasteiger partial charge in [-0.15, -0.1) is 0 Å². The van der Waals surface area contributed by atoms with Crippen LogP contribution in [0, 0.1) is 5.82 Å². The molecule has 8 heteroatoms. The monoisotopic (exact) mass is 391 g/mol. The molecule has 2 aliphatic heterocycles. The molecule has 0 aliphatic carbocycles. The van der Waals surface area contributed by atoms with Gasteiger partial charge in [-0.1, -0.05) is 0 Å². The number of rotatable bonds is 6. The summed E-state index contributed by atoms with van der Waals surface area (Å²) in [5.41, 5.74) is 1.13. The Balaban J connectivity index is 1.84. The number of amides is 1. The first-order chi connectivity index (χ1) is 13.5. The van der Waals surface area contributed by atoms with Gasteiger partial charge in [0, 0.05) is 24.8 Å². The number of aliphatic hydroxyl groups excluding tert-OH is 1. The van der Waals surface area contributed by atoms with Crippen molar-refractivity contribution in [3.8, 4) is 0 Å². The normalized spacial score (nSPS) is 20.0. The highest BCUT2D eigenvalue weighted by Gasteiger charge is 2.34. The lowest BCUT2D eigenvalue weighted by Crippen LogP contribution is -2.37. The van der Waals surface area contributed by atoms with E-state index in [0.717, 1.165) is 25.8 Å². The van der Waals surface area contributed by atoms with E-state index in [1.165, 1.54) is 18.1 Å². The molecule has 3 rings (SSSR count). The first-order valence-electron chi connectivity index (χ1n) is 9.51. The molecule has 1 aromatic rings. The van der Waals surface area contributed by atoms with Crippen molar-refractivity contribution < 1.29 is 23.8 Å². The average Bonchev–Trinajstić information content (AvgIpc) is 2.98. The van der Waals surface area contributed by atoms with Gasteiger partial charge in [0.15, 0.2) is 0 Å². The van der Waals surface area contributed by atoms with Crippen LogP contribution < -0.4 is 10.2 Å². The number of carbonyl (C=O) groups is 2. The molecule has 0 bridgehead atoms. The lowest BCUT2D eigenvalue weighted by atomic mass is 10.0. The van der Waals surface area contributed by atoms with E-state index < -0.39 is 11.9 Å². The number of nitrogens with zero attached hydrogens (tertiary/aromatic N) is 2. The molecule has 28 heavy (non-hydrogen) atoms. The van der Waals surface area contributed by atoms with Crippen LogP contribution in [0.1, 0.15) is 26.2 Å². The Morgan fingerprint density at radius 3 is 2.82 bits per heavy atom. The standard InChI is InChI=1S/C20H26FN3O4/c1-13-5-3-4-8-24(13)17-7-6-14(11-16(17)21)22-18-15(20(27)28-2)12-23(9-10-25)19(18)26/h6-7,11,13,22,25H,3-5,8-10,12H2,1-2H3. The molecular weight excluding hydrogens is 365 g/mol. The molecule has 2 aliphatic rings. The predicted octanol–water partition coefficient (Wildman–Crippen LogP) is 1.88. The van der Waals surface area contributed by atoms with Crippen LogP contribution in [0.25, 0.3) is 0 Å². The smallest absolute Gasteiger partial charge is 0.337 e. The van der Waals surface area contributed by atoms with Crippen molar-refractivity contribution in [2.24, 2.45) is 0 Å². The molecule has 0 saturated carbocycles. The number of ether oxygens (including phenoxy) is 1. The van der Waals surface area contributed by atoms with Crippen molar-refractivity contribution in [2.75, 3.05) is 43.6 Å². The van der Waals surface area contributed by atoms with Crippen LogP contribution in [0.5, 0.6) is 0 Å². The van der Waals surface area contributed by atoms with Crippen LogP contribution in [0.3, 0.4) is 0 Å². The third-order valence-corrected chi connectivity index (χ3v) is 5.28. The second kappa shape index (κ2) is 8.60. The van der Waals surface area contributed by atoms with Crippen LogP contribution >= 0.6 is 0 Å². The highest BCUT2D eigenvalue weighted by Crippen LogP contribution is 2.30. The van der Waals surface area contributed by atoms with Gasteiger partial charge in [-0.25, -0.2) is 9.18 Å². The summed E-state index contributed by atoms with van der Waals surface area (Å²) in [6.45, 7) is 2.83. The Labute approximate surface area is 163 Å². The summed E-state index contributed by atoms with van der Waals surface area (Å²) < 4.78 is 19.5. The third kappa shape index (κ3) is 3.96. The summed E-state index contributed by atoms with van der Waals surface area (Å²) >= 11 is 0. The van der Waals surface area contributed by atoms with Gasteiger partial charge in [0.05, 0.1) is 31.5 Å². The molecule has 2 N–H and O–H groups in total. The van der Waals surface area contributed by atoms with Crippen LogP contribution in [0.15, 0.2) is 29.5 Å². The fourth-order valence-electron chi connectivity index (χ4n) is 3.77. The Hall–Kier alpha value is -2.61. The quantitative estimate of drug-likeness (QED) is 0.721. The number of esters is 1. The number of β-amino-alcohol motifs (C(OH)–C–C–N with tert-alkyl or cyclic N) is 1. The molecule has 0 aromatic heterocycles. The average molecular weight is 391 g/mol. The number of anilines is 2. The number of methoxy groups -OCH3 is 1. The van der Waals surface area contributed by atoms with Gasteiger partial charge >= 0.3 is 5.97 Å². The van der Waals surface area contributed by atoms with Gasteiger partial charge in [-0.05, 0) is 44.4 Å². The molecular formula is C20H26FN3O4. The molecule has 0 radical (unpaired) electrons. The maximum atomic E-state index is 14.8. The predicted molar refractivity (Wildman–Crippen MR) is 103 cm³/mol. The summed E-state index contributed by atoms with van der Waals surface area (Å²) in [6, 6.07) is 5.01. The summed E-state index contributed by atoms with van der Waals surface area (Å²) in [7, 11) is 1.24. The molecule has 1 saturated heterocycles. The van der Waals surface area contributed by atoms with E-state index in [-0.39, 0.29) is 42.8 Å². The van der Waals surface area contributed by atoms with Crippen molar-refractivity contribution in [3.05, 3.63) is 35.3 Å². The number of benzene rings is 1. The van der Waals surface area contributed by atoms with E-state index in [1.54, 1.807) is 12.1 Å². The Kier molecular flexibility index (Phi) is 6.18. The second-order valence-electron chi connectivity index (χ2n) is 7.12. The zero-order chi connectivity index (χ0) is 20.3. The largest absolute Gasteiger partial charge is 0.466 e. The molecule has 1 fully saturated rings. The Bertz CT molecular complexity index is 796. The van der Waals surface area contributed by atoms with Crippen molar-refractivity contribution >= 4 is 23.3 Å². The van der Waals surface area contributed by atoms with Crippen LogP contribution in [-0.2, 0) is 14.3 Å². The molecule has 152 valence electrons. The minimum atomic E-state index is -0.629. The number of nitrogens with one attached hydrogen (secondary N) is 1. The highest BCUT2D eigenvalue weighted by molar-refractivity contribution is 6.08. The topological polar surface area (TPSA) is 82.1 Å². The summed E-state index contributed by atoms with van der Waals surface area (Å²) in [6.07, 6.45) is 3.22. The molecule has 1 aromatic carbocycles. The number of halogens is 1. The first kappa shape index (κ1) is 20.1. The van der Waals surface area contributed by atoms with Gasteiger partial charge in [0.2, 0.25) is 0 Å². The molecule has 1 amide bonds. The molecule has 1 atom stereocenters. The minimum absolute atomic E-state index is 0.0419. The number of carbonyl (C=O) groups excluding carboxylic acids is 2. The summed E-state index contributed by atoms with van der Waals surface area (Å²) in [5, 5.41) is 12.0. The fraction of sp³-hybridized carbons (Fsp3) is 0.500. The van der Waals surface area contributed by atoms with E-state index in [9.17, 15) is 14.0 Å². The van der Waals surface area contributed by atoms with E-state index in [4.69, 9.17) is 9.84 Å². The van der Waals surface area contributed by atoms with Crippen molar-refractivity contribution in [1.29, 1.82) is 0 Å². The maximum Gasteiger partial charge on any atom is 0.337 e. The van der Waals surface area contributed by atoms with Gasteiger partial charge < -0.3 is 25.0 Å². The molecule has 0 spiro atoms. The van der Waals surface area contributed by atoms with E-state index in [0.29, 0.717) is 11.4 Å². The number of piperidine rings is 1. The molecule has 1 unspecified atom stereocenters. The Morgan fingerprint density at radius 2 is 2.18 bits per heavy atom.